The lowest BCUT2D eigenvalue weighted by Gasteiger charge is -2.38. The van der Waals surface area contributed by atoms with Gasteiger partial charge in [-0.25, -0.2) is 14.0 Å². The SMILES string of the molecule is COC(=O)C(c1ccccc1Cl)N1CCN(C(=O)Nc2ccc(F)cc2C)CC1. The van der Waals surface area contributed by atoms with Crippen LogP contribution in [-0.2, 0) is 9.53 Å². The van der Waals surface area contributed by atoms with Gasteiger partial charge in [0, 0.05) is 36.9 Å². The number of hydrogen-bond donors (Lipinski definition) is 1. The van der Waals surface area contributed by atoms with Gasteiger partial charge in [-0.3, -0.25) is 4.90 Å². The number of anilines is 1. The summed E-state index contributed by atoms with van der Waals surface area (Å²) in [5.41, 5.74) is 1.91. The van der Waals surface area contributed by atoms with Gasteiger partial charge in [0.05, 0.1) is 7.11 Å². The van der Waals surface area contributed by atoms with Crippen molar-refractivity contribution in [3.8, 4) is 0 Å². The highest BCUT2D eigenvalue weighted by atomic mass is 35.5. The first kappa shape index (κ1) is 21.1. The summed E-state index contributed by atoms with van der Waals surface area (Å²) in [5.74, 6) is -0.736. The minimum Gasteiger partial charge on any atom is -0.468 e. The molecule has 0 bridgehead atoms. The average Bonchev–Trinajstić information content (AvgIpc) is 2.72. The van der Waals surface area contributed by atoms with E-state index in [-0.39, 0.29) is 11.8 Å². The zero-order chi connectivity index (χ0) is 21.0. The van der Waals surface area contributed by atoms with E-state index in [0.717, 1.165) is 0 Å². The Hall–Kier alpha value is -2.64. The second-order valence-corrected chi connectivity index (χ2v) is 7.27. The van der Waals surface area contributed by atoms with Crippen molar-refractivity contribution in [1.82, 2.24) is 9.80 Å². The van der Waals surface area contributed by atoms with Crippen LogP contribution in [0.15, 0.2) is 42.5 Å². The molecule has 1 aliphatic rings. The van der Waals surface area contributed by atoms with E-state index in [1.807, 2.05) is 11.0 Å². The summed E-state index contributed by atoms with van der Waals surface area (Å²) in [5, 5.41) is 3.31. The average molecular weight is 420 g/mol. The molecule has 0 spiro atoms. The van der Waals surface area contributed by atoms with Gasteiger partial charge in [0.1, 0.15) is 11.9 Å². The summed E-state index contributed by atoms with van der Waals surface area (Å²) in [6.45, 7) is 3.58. The van der Waals surface area contributed by atoms with E-state index in [4.69, 9.17) is 16.3 Å². The number of carbonyl (C=O) groups excluding carboxylic acids is 2. The van der Waals surface area contributed by atoms with Crippen LogP contribution in [0.1, 0.15) is 17.2 Å². The van der Waals surface area contributed by atoms with Crippen LogP contribution >= 0.6 is 11.6 Å². The molecule has 154 valence electrons. The van der Waals surface area contributed by atoms with Crippen LogP contribution in [0.3, 0.4) is 0 Å². The summed E-state index contributed by atoms with van der Waals surface area (Å²) in [6, 6.07) is 10.5. The first-order valence-electron chi connectivity index (χ1n) is 9.29. The molecule has 0 saturated carbocycles. The molecule has 1 atom stereocenters. The maximum atomic E-state index is 13.2. The van der Waals surface area contributed by atoms with Gasteiger partial charge in [0.15, 0.2) is 0 Å². The van der Waals surface area contributed by atoms with Crippen molar-refractivity contribution in [3.05, 3.63) is 64.4 Å². The summed E-state index contributed by atoms with van der Waals surface area (Å²) in [7, 11) is 1.35. The maximum Gasteiger partial charge on any atom is 0.327 e. The lowest BCUT2D eigenvalue weighted by molar-refractivity contribution is -0.148. The van der Waals surface area contributed by atoms with Crippen molar-refractivity contribution in [2.24, 2.45) is 0 Å². The molecule has 1 N–H and O–H groups in total. The predicted molar refractivity (Wildman–Crippen MR) is 110 cm³/mol. The number of nitrogens with zero attached hydrogens (tertiary/aromatic N) is 2. The number of aryl methyl sites for hydroxylation is 1. The Morgan fingerprint density at radius 2 is 1.83 bits per heavy atom. The summed E-state index contributed by atoms with van der Waals surface area (Å²) >= 11 is 6.30. The van der Waals surface area contributed by atoms with Crippen molar-refractivity contribution >= 4 is 29.3 Å². The van der Waals surface area contributed by atoms with Crippen molar-refractivity contribution in [3.63, 3.8) is 0 Å². The van der Waals surface area contributed by atoms with Crippen LogP contribution in [0, 0.1) is 12.7 Å². The molecule has 1 unspecified atom stereocenters. The van der Waals surface area contributed by atoms with E-state index < -0.39 is 12.0 Å². The number of nitrogens with one attached hydrogen (secondary N) is 1. The van der Waals surface area contributed by atoms with Crippen molar-refractivity contribution in [1.29, 1.82) is 0 Å². The Morgan fingerprint density at radius 1 is 1.14 bits per heavy atom. The lowest BCUT2D eigenvalue weighted by Crippen LogP contribution is -2.52. The monoisotopic (exact) mass is 419 g/mol. The highest BCUT2D eigenvalue weighted by Crippen LogP contribution is 2.29. The highest BCUT2D eigenvalue weighted by Gasteiger charge is 2.33. The van der Waals surface area contributed by atoms with Gasteiger partial charge in [-0.15, -0.1) is 0 Å². The topological polar surface area (TPSA) is 61.9 Å². The number of amides is 2. The van der Waals surface area contributed by atoms with Crippen molar-refractivity contribution < 1.29 is 18.7 Å². The number of benzene rings is 2. The Kier molecular flexibility index (Phi) is 6.71. The lowest BCUT2D eigenvalue weighted by atomic mass is 10.0. The second-order valence-electron chi connectivity index (χ2n) is 6.86. The molecule has 29 heavy (non-hydrogen) atoms. The van der Waals surface area contributed by atoms with Gasteiger partial charge in [-0.2, -0.15) is 0 Å². The smallest absolute Gasteiger partial charge is 0.327 e. The van der Waals surface area contributed by atoms with Gasteiger partial charge >= 0.3 is 12.0 Å². The van der Waals surface area contributed by atoms with E-state index >= 15 is 0 Å². The molecule has 0 aromatic heterocycles. The number of urea groups is 1. The fraction of sp³-hybridized carbons (Fsp3) is 0.333. The standard InChI is InChI=1S/C21H23ClFN3O3/c1-14-13-15(23)7-8-18(14)24-21(28)26-11-9-25(10-12-26)19(20(27)29-2)16-5-3-4-6-17(16)22/h3-8,13,19H,9-12H2,1-2H3,(H,24,28). The van der Waals surface area contributed by atoms with Crippen LogP contribution in [-0.4, -0.2) is 55.1 Å². The Bertz CT molecular complexity index is 900. The zero-order valence-electron chi connectivity index (χ0n) is 16.3. The molecule has 2 aromatic carbocycles. The van der Waals surface area contributed by atoms with Crippen LogP contribution in [0.2, 0.25) is 5.02 Å². The first-order chi connectivity index (χ1) is 13.9. The quantitative estimate of drug-likeness (QED) is 0.764. The fourth-order valence-electron chi connectivity index (χ4n) is 3.43. The minimum atomic E-state index is -0.627. The normalized spacial score (nSPS) is 15.7. The van der Waals surface area contributed by atoms with Crippen molar-refractivity contribution in [2.75, 3.05) is 38.6 Å². The van der Waals surface area contributed by atoms with Gasteiger partial charge < -0.3 is 15.0 Å². The Balaban J connectivity index is 1.67. The number of esters is 1. The number of hydrogen-bond acceptors (Lipinski definition) is 4. The number of rotatable bonds is 4. The van der Waals surface area contributed by atoms with Gasteiger partial charge in [-0.05, 0) is 42.3 Å². The minimum absolute atomic E-state index is 0.258. The van der Waals surface area contributed by atoms with Crippen LogP contribution in [0.5, 0.6) is 0 Å². The molecule has 8 heteroatoms. The first-order valence-corrected chi connectivity index (χ1v) is 9.67. The summed E-state index contributed by atoms with van der Waals surface area (Å²) in [6.07, 6.45) is 0. The number of ether oxygens (including phenoxy) is 1. The molecule has 1 fully saturated rings. The van der Waals surface area contributed by atoms with Crippen molar-refractivity contribution in [2.45, 2.75) is 13.0 Å². The number of carbonyl (C=O) groups is 2. The van der Waals surface area contributed by atoms with Crippen LogP contribution in [0.25, 0.3) is 0 Å². The zero-order valence-corrected chi connectivity index (χ0v) is 17.1. The van der Waals surface area contributed by atoms with E-state index in [0.29, 0.717) is 48.0 Å². The molecule has 1 saturated heterocycles. The van der Waals surface area contributed by atoms with Gasteiger partial charge in [-0.1, -0.05) is 29.8 Å². The van der Waals surface area contributed by atoms with Gasteiger partial charge in [0.25, 0.3) is 0 Å². The largest absolute Gasteiger partial charge is 0.468 e. The summed E-state index contributed by atoms with van der Waals surface area (Å²) in [4.78, 5) is 28.6. The molecule has 0 aliphatic carbocycles. The molecule has 6 nitrogen and oxygen atoms in total. The third kappa shape index (κ3) is 4.86. The summed E-state index contributed by atoms with van der Waals surface area (Å²) < 4.78 is 18.2. The number of halogens is 2. The van der Waals surface area contributed by atoms with Gasteiger partial charge in [0.2, 0.25) is 0 Å². The maximum absolute atomic E-state index is 13.2. The fourth-order valence-corrected chi connectivity index (χ4v) is 3.67. The van der Waals surface area contributed by atoms with E-state index in [1.54, 1.807) is 36.1 Å². The second kappa shape index (κ2) is 9.24. The third-order valence-corrected chi connectivity index (χ3v) is 5.37. The molecular weight excluding hydrogens is 397 g/mol. The molecule has 0 radical (unpaired) electrons. The highest BCUT2D eigenvalue weighted by molar-refractivity contribution is 6.31. The number of piperazine rings is 1. The molecular formula is C21H23ClFN3O3. The molecule has 1 heterocycles. The van der Waals surface area contributed by atoms with Crippen LogP contribution < -0.4 is 5.32 Å². The molecule has 2 amide bonds. The van der Waals surface area contributed by atoms with Crippen LogP contribution in [0.4, 0.5) is 14.9 Å². The van der Waals surface area contributed by atoms with E-state index in [1.165, 1.54) is 19.2 Å². The molecule has 2 aromatic rings. The Morgan fingerprint density at radius 3 is 2.45 bits per heavy atom. The molecule has 3 rings (SSSR count). The number of methoxy groups -OCH3 is 1. The van der Waals surface area contributed by atoms with E-state index in [2.05, 4.69) is 5.32 Å². The third-order valence-electron chi connectivity index (χ3n) is 5.02. The molecule has 1 aliphatic heterocycles. The Labute approximate surface area is 174 Å². The van der Waals surface area contributed by atoms with E-state index in [9.17, 15) is 14.0 Å². The predicted octanol–water partition coefficient (Wildman–Crippen LogP) is 3.85.